The summed E-state index contributed by atoms with van der Waals surface area (Å²) in [6, 6.07) is 0.590. The van der Waals surface area contributed by atoms with E-state index in [9.17, 15) is 0 Å². The monoisotopic (exact) mass is 125 g/mol. The number of hydrogen-bond acceptors (Lipinski definition) is 1. The molecule has 0 radical (unpaired) electrons. The van der Waals surface area contributed by atoms with Crippen LogP contribution >= 0.6 is 0 Å². The molecule has 1 fully saturated rings. The second-order valence-corrected chi connectivity index (χ2v) is 2.72. The fourth-order valence-electron chi connectivity index (χ4n) is 1.30. The van der Waals surface area contributed by atoms with Crippen molar-refractivity contribution in [3.8, 4) is 0 Å². The van der Waals surface area contributed by atoms with Crippen LogP contribution in [0, 0.1) is 0 Å². The molecule has 0 amide bonds. The van der Waals surface area contributed by atoms with Crippen molar-refractivity contribution in [1.29, 1.82) is 0 Å². The summed E-state index contributed by atoms with van der Waals surface area (Å²) in [5.74, 6) is 0. The molecule has 1 aliphatic rings. The molecule has 0 aromatic carbocycles. The molecule has 1 nitrogen and oxygen atoms in total. The zero-order chi connectivity index (χ0) is 6.69. The molecule has 0 saturated carbocycles. The average molecular weight is 125 g/mol. The Bertz CT molecular complexity index is 92.7. The second-order valence-electron chi connectivity index (χ2n) is 2.72. The Balaban J connectivity index is 2.32. The van der Waals surface area contributed by atoms with E-state index in [0.717, 1.165) is 0 Å². The van der Waals surface area contributed by atoms with Gasteiger partial charge in [-0.3, -0.25) is 4.90 Å². The summed E-state index contributed by atoms with van der Waals surface area (Å²) in [5.41, 5.74) is 0. The van der Waals surface area contributed by atoms with Gasteiger partial charge >= 0.3 is 0 Å². The lowest BCUT2D eigenvalue weighted by Gasteiger charge is -2.19. The first-order chi connectivity index (χ1) is 4.34. The number of rotatable bonds is 2. The number of hydrogen-bond donors (Lipinski definition) is 0. The van der Waals surface area contributed by atoms with Crippen LogP contribution in [0.25, 0.3) is 0 Å². The molecule has 0 spiro atoms. The van der Waals surface area contributed by atoms with Crippen molar-refractivity contribution < 1.29 is 0 Å². The van der Waals surface area contributed by atoms with Crippen molar-refractivity contribution in [3.63, 3.8) is 0 Å². The van der Waals surface area contributed by atoms with E-state index in [4.69, 9.17) is 0 Å². The Morgan fingerprint density at radius 2 is 2.00 bits per heavy atom. The van der Waals surface area contributed by atoms with E-state index in [-0.39, 0.29) is 0 Å². The van der Waals surface area contributed by atoms with Crippen molar-refractivity contribution in [2.75, 3.05) is 13.1 Å². The van der Waals surface area contributed by atoms with Gasteiger partial charge in [-0.25, -0.2) is 0 Å². The van der Waals surface area contributed by atoms with E-state index >= 15 is 0 Å². The zero-order valence-corrected chi connectivity index (χ0v) is 6.14. The van der Waals surface area contributed by atoms with Crippen LogP contribution in [-0.4, -0.2) is 24.0 Å². The van der Waals surface area contributed by atoms with Crippen LogP contribution in [0.5, 0.6) is 0 Å². The second kappa shape index (κ2) is 3.02. The van der Waals surface area contributed by atoms with Crippen LogP contribution in [0.3, 0.4) is 0 Å². The first-order valence-corrected chi connectivity index (χ1v) is 3.71. The molecule has 1 saturated heterocycles. The zero-order valence-electron chi connectivity index (χ0n) is 6.14. The van der Waals surface area contributed by atoms with Crippen LogP contribution < -0.4 is 0 Å². The van der Waals surface area contributed by atoms with Gasteiger partial charge < -0.3 is 0 Å². The van der Waals surface area contributed by atoms with Crippen LogP contribution in [0.15, 0.2) is 12.7 Å². The molecule has 0 bridgehead atoms. The Morgan fingerprint density at radius 3 is 2.44 bits per heavy atom. The Hall–Kier alpha value is -0.300. The van der Waals surface area contributed by atoms with Gasteiger partial charge in [-0.2, -0.15) is 0 Å². The van der Waals surface area contributed by atoms with Crippen LogP contribution in [0.2, 0.25) is 0 Å². The molecule has 0 N–H and O–H groups in total. The third kappa shape index (κ3) is 1.55. The molecule has 9 heavy (non-hydrogen) atoms. The Labute approximate surface area is 57.4 Å². The van der Waals surface area contributed by atoms with Crippen molar-refractivity contribution in [3.05, 3.63) is 12.7 Å². The smallest absolute Gasteiger partial charge is 0.0247 e. The van der Waals surface area contributed by atoms with E-state index in [1.165, 1.54) is 25.9 Å². The van der Waals surface area contributed by atoms with E-state index in [1.807, 2.05) is 6.08 Å². The fraction of sp³-hybridized carbons (Fsp3) is 0.750. The lowest BCUT2D eigenvalue weighted by molar-refractivity contribution is 0.300. The van der Waals surface area contributed by atoms with Crippen molar-refractivity contribution in [1.82, 2.24) is 4.90 Å². The molecule has 0 aromatic rings. The van der Waals surface area contributed by atoms with Crippen molar-refractivity contribution in [2.24, 2.45) is 0 Å². The predicted molar refractivity (Wildman–Crippen MR) is 40.5 cm³/mol. The van der Waals surface area contributed by atoms with E-state index in [1.54, 1.807) is 0 Å². The standard InChI is InChI=1S/C8H15N/c1-3-8(2)9-6-4-5-7-9/h3,8H,1,4-7H2,2H3. The number of nitrogens with zero attached hydrogens (tertiary/aromatic N) is 1. The van der Waals surface area contributed by atoms with E-state index in [0.29, 0.717) is 6.04 Å². The Morgan fingerprint density at radius 1 is 1.44 bits per heavy atom. The van der Waals surface area contributed by atoms with Gasteiger partial charge in [0, 0.05) is 6.04 Å². The molecule has 0 aliphatic carbocycles. The molecule has 1 unspecified atom stereocenters. The summed E-state index contributed by atoms with van der Waals surface area (Å²) in [6.07, 6.45) is 4.77. The summed E-state index contributed by atoms with van der Waals surface area (Å²) in [6.45, 7) is 8.51. The first kappa shape index (κ1) is 6.81. The molecule has 1 heterocycles. The quantitative estimate of drug-likeness (QED) is 0.507. The molecular formula is C8H15N. The van der Waals surface area contributed by atoms with Crippen LogP contribution in [0.4, 0.5) is 0 Å². The van der Waals surface area contributed by atoms with E-state index in [2.05, 4.69) is 18.4 Å². The largest absolute Gasteiger partial charge is 0.297 e. The summed E-state index contributed by atoms with van der Waals surface area (Å²) >= 11 is 0. The van der Waals surface area contributed by atoms with Gasteiger partial charge in [0.2, 0.25) is 0 Å². The minimum absolute atomic E-state index is 0.590. The maximum Gasteiger partial charge on any atom is 0.0247 e. The highest BCUT2D eigenvalue weighted by Gasteiger charge is 2.14. The van der Waals surface area contributed by atoms with Gasteiger partial charge in [0.1, 0.15) is 0 Å². The average Bonchev–Trinajstić information content (AvgIpc) is 2.37. The number of likely N-dealkylation sites (tertiary alicyclic amines) is 1. The van der Waals surface area contributed by atoms with Gasteiger partial charge in [-0.05, 0) is 32.9 Å². The molecule has 1 aliphatic heterocycles. The first-order valence-electron chi connectivity index (χ1n) is 3.71. The SMILES string of the molecule is C=CC(C)N1CCCC1. The molecular weight excluding hydrogens is 110 g/mol. The summed E-state index contributed by atoms with van der Waals surface area (Å²) in [4.78, 5) is 2.47. The lowest BCUT2D eigenvalue weighted by atomic mass is 10.3. The van der Waals surface area contributed by atoms with Crippen molar-refractivity contribution in [2.45, 2.75) is 25.8 Å². The van der Waals surface area contributed by atoms with Crippen LogP contribution in [0.1, 0.15) is 19.8 Å². The Kier molecular flexibility index (Phi) is 2.29. The summed E-state index contributed by atoms with van der Waals surface area (Å²) in [5, 5.41) is 0. The summed E-state index contributed by atoms with van der Waals surface area (Å²) < 4.78 is 0. The van der Waals surface area contributed by atoms with Gasteiger partial charge in [-0.15, -0.1) is 6.58 Å². The van der Waals surface area contributed by atoms with Crippen molar-refractivity contribution >= 4 is 0 Å². The molecule has 1 heteroatoms. The fourth-order valence-corrected chi connectivity index (χ4v) is 1.30. The van der Waals surface area contributed by atoms with Gasteiger partial charge in [0.05, 0.1) is 0 Å². The third-order valence-corrected chi connectivity index (χ3v) is 2.06. The normalized spacial score (nSPS) is 24.1. The third-order valence-electron chi connectivity index (χ3n) is 2.06. The lowest BCUT2D eigenvalue weighted by Crippen LogP contribution is -2.27. The molecule has 0 aromatic heterocycles. The topological polar surface area (TPSA) is 3.24 Å². The van der Waals surface area contributed by atoms with Gasteiger partial charge in [0.25, 0.3) is 0 Å². The van der Waals surface area contributed by atoms with E-state index < -0.39 is 0 Å². The minimum Gasteiger partial charge on any atom is -0.297 e. The molecule has 52 valence electrons. The highest BCUT2D eigenvalue weighted by Crippen LogP contribution is 2.11. The summed E-state index contributed by atoms with van der Waals surface area (Å²) in [7, 11) is 0. The minimum atomic E-state index is 0.590. The van der Waals surface area contributed by atoms with Crippen LogP contribution in [-0.2, 0) is 0 Å². The molecule has 1 atom stereocenters. The molecule has 1 rings (SSSR count). The van der Waals surface area contributed by atoms with Gasteiger partial charge in [-0.1, -0.05) is 6.08 Å². The highest BCUT2D eigenvalue weighted by atomic mass is 15.2. The maximum absolute atomic E-state index is 3.76. The maximum atomic E-state index is 3.76. The predicted octanol–water partition coefficient (Wildman–Crippen LogP) is 1.66. The van der Waals surface area contributed by atoms with Gasteiger partial charge in [0.15, 0.2) is 0 Å². The highest BCUT2D eigenvalue weighted by molar-refractivity contribution is 4.85.